The maximum atomic E-state index is 5.72. The summed E-state index contributed by atoms with van der Waals surface area (Å²) in [6, 6.07) is 0.149. The van der Waals surface area contributed by atoms with Crippen LogP contribution in [0.1, 0.15) is 24.4 Å². The second kappa shape index (κ2) is 5.61. The normalized spacial score (nSPS) is 23.0. The van der Waals surface area contributed by atoms with E-state index >= 15 is 0 Å². The molecule has 0 aliphatic carbocycles. The Morgan fingerprint density at radius 1 is 1.56 bits per heavy atom. The van der Waals surface area contributed by atoms with Gasteiger partial charge in [-0.25, -0.2) is 9.97 Å². The van der Waals surface area contributed by atoms with Crippen LogP contribution in [0, 0.1) is 0 Å². The predicted octanol–water partition coefficient (Wildman–Crippen LogP) is 1.17. The van der Waals surface area contributed by atoms with E-state index in [2.05, 4.69) is 9.97 Å². The summed E-state index contributed by atoms with van der Waals surface area (Å²) in [4.78, 5) is 8.70. The molecule has 0 radical (unpaired) electrons. The Hall–Kier alpha value is -0.650. The van der Waals surface area contributed by atoms with E-state index < -0.39 is 0 Å². The largest absolute Gasteiger partial charge is 0.368 e. The Kier molecular flexibility index (Phi) is 4.15. The van der Waals surface area contributed by atoms with E-state index in [9.17, 15) is 0 Å². The van der Waals surface area contributed by atoms with Crippen molar-refractivity contribution in [3.8, 4) is 0 Å². The van der Waals surface area contributed by atoms with Gasteiger partial charge in [0, 0.05) is 29.9 Å². The van der Waals surface area contributed by atoms with Crippen molar-refractivity contribution >= 4 is 11.8 Å². The summed E-state index contributed by atoms with van der Waals surface area (Å²) >= 11 is 1.89. The fourth-order valence-corrected chi connectivity index (χ4v) is 2.49. The summed E-state index contributed by atoms with van der Waals surface area (Å²) in [6.45, 7) is 2.77. The lowest BCUT2D eigenvalue weighted by atomic mass is 10.1. The molecule has 1 saturated heterocycles. The minimum atomic E-state index is 0.0584. The van der Waals surface area contributed by atoms with E-state index in [4.69, 9.17) is 10.5 Å². The zero-order valence-corrected chi connectivity index (χ0v) is 10.2. The summed E-state index contributed by atoms with van der Waals surface area (Å²) in [6.07, 6.45) is 4.59. The van der Waals surface area contributed by atoms with Gasteiger partial charge < -0.3 is 10.5 Å². The molecule has 1 aliphatic rings. The molecule has 0 aromatic carbocycles. The standard InChI is InChI=1S/C11H17N3OS/c1-8(12)4-9-5-13-11(14-6-9)10-7-16-3-2-15-10/h5-6,8,10H,2-4,7,12H2,1H3. The van der Waals surface area contributed by atoms with Crippen LogP contribution in [0.4, 0.5) is 0 Å². The highest BCUT2D eigenvalue weighted by Crippen LogP contribution is 2.23. The topological polar surface area (TPSA) is 61.0 Å². The van der Waals surface area contributed by atoms with Crippen molar-refractivity contribution < 1.29 is 4.74 Å². The highest BCUT2D eigenvalue weighted by Gasteiger charge is 2.18. The first-order valence-corrected chi connectivity index (χ1v) is 6.67. The lowest BCUT2D eigenvalue weighted by molar-refractivity contribution is 0.0694. The third kappa shape index (κ3) is 3.17. The number of aromatic nitrogens is 2. The van der Waals surface area contributed by atoms with Crippen molar-refractivity contribution in [2.75, 3.05) is 18.1 Å². The van der Waals surface area contributed by atoms with Gasteiger partial charge in [0.2, 0.25) is 0 Å². The number of thioether (sulfide) groups is 1. The van der Waals surface area contributed by atoms with Gasteiger partial charge in [0.15, 0.2) is 5.82 Å². The van der Waals surface area contributed by atoms with Crippen molar-refractivity contribution in [3.63, 3.8) is 0 Å². The molecule has 1 aromatic rings. The molecule has 0 bridgehead atoms. The summed E-state index contributed by atoms with van der Waals surface area (Å²) in [5, 5.41) is 0. The molecule has 1 aromatic heterocycles. The molecule has 2 rings (SSSR count). The van der Waals surface area contributed by atoms with Crippen LogP contribution in [-0.4, -0.2) is 34.1 Å². The quantitative estimate of drug-likeness (QED) is 0.858. The number of nitrogens with zero attached hydrogens (tertiary/aromatic N) is 2. The van der Waals surface area contributed by atoms with Crippen LogP contribution < -0.4 is 5.73 Å². The first-order chi connectivity index (χ1) is 7.75. The second-order valence-corrected chi connectivity index (χ2v) is 5.22. The first kappa shape index (κ1) is 11.8. The van der Waals surface area contributed by atoms with Crippen LogP contribution in [0.15, 0.2) is 12.4 Å². The van der Waals surface area contributed by atoms with Gasteiger partial charge in [-0.05, 0) is 18.9 Å². The van der Waals surface area contributed by atoms with E-state index in [0.717, 1.165) is 35.9 Å². The second-order valence-electron chi connectivity index (χ2n) is 4.07. The average molecular weight is 239 g/mol. The fourth-order valence-electron chi connectivity index (χ4n) is 1.65. The van der Waals surface area contributed by atoms with Crippen molar-refractivity contribution in [1.82, 2.24) is 9.97 Å². The SMILES string of the molecule is CC(N)Cc1cnc(C2CSCCO2)nc1. The third-order valence-corrected chi connectivity index (χ3v) is 3.38. The molecule has 2 N–H and O–H groups in total. The van der Waals surface area contributed by atoms with E-state index in [1.165, 1.54) is 0 Å². The summed E-state index contributed by atoms with van der Waals surface area (Å²) in [7, 11) is 0. The van der Waals surface area contributed by atoms with Crippen LogP contribution in [0.2, 0.25) is 0 Å². The van der Waals surface area contributed by atoms with Crippen molar-refractivity contribution in [2.24, 2.45) is 5.73 Å². The van der Waals surface area contributed by atoms with E-state index in [0.29, 0.717) is 0 Å². The van der Waals surface area contributed by atoms with Crippen LogP contribution in [0.5, 0.6) is 0 Å². The van der Waals surface area contributed by atoms with Gasteiger partial charge in [0.25, 0.3) is 0 Å². The molecule has 2 atom stereocenters. The van der Waals surface area contributed by atoms with Crippen molar-refractivity contribution in [3.05, 3.63) is 23.8 Å². The molecule has 2 unspecified atom stereocenters. The van der Waals surface area contributed by atoms with Gasteiger partial charge >= 0.3 is 0 Å². The average Bonchev–Trinajstić information content (AvgIpc) is 2.30. The molecule has 0 spiro atoms. The van der Waals surface area contributed by atoms with Gasteiger partial charge in [-0.2, -0.15) is 11.8 Å². The predicted molar refractivity (Wildman–Crippen MR) is 65.4 cm³/mol. The minimum Gasteiger partial charge on any atom is -0.368 e. The molecule has 4 nitrogen and oxygen atoms in total. The molecule has 16 heavy (non-hydrogen) atoms. The van der Waals surface area contributed by atoms with Gasteiger partial charge in [0.05, 0.1) is 6.61 Å². The molecule has 5 heteroatoms. The van der Waals surface area contributed by atoms with E-state index in [1.807, 2.05) is 31.1 Å². The van der Waals surface area contributed by atoms with Gasteiger partial charge in [-0.1, -0.05) is 0 Å². The third-order valence-electron chi connectivity index (χ3n) is 2.39. The van der Waals surface area contributed by atoms with Gasteiger partial charge in [0.1, 0.15) is 6.10 Å². The van der Waals surface area contributed by atoms with Crippen LogP contribution in [0.25, 0.3) is 0 Å². The van der Waals surface area contributed by atoms with E-state index in [1.54, 1.807) is 0 Å². The summed E-state index contributed by atoms with van der Waals surface area (Å²) in [5.74, 6) is 2.81. The summed E-state index contributed by atoms with van der Waals surface area (Å²) in [5.41, 5.74) is 6.81. The highest BCUT2D eigenvalue weighted by molar-refractivity contribution is 7.99. The number of nitrogens with two attached hydrogens (primary N) is 1. The van der Waals surface area contributed by atoms with Crippen LogP contribution >= 0.6 is 11.8 Å². The Morgan fingerprint density at radius 3 is 2.88 bits per heavy atom. The van der Waals surface area contributed by atoms with Gasteiger partial charge in [-0.3, -0.25) is 0 Å². The maximum Gasteiger partial charge on any atom is 0.157 e. The lowest BCUT2D eigenvalue weighted by Crippen LogP contribution is -2.20. The van der Waals surface area contributed by atoms with Crippen LogP contribution in [0.3, 0.4) is 0 Å². The molecule has 88 valence electrons. The van der Waals surface area contributed by atoms with Gasteiger partial charge in [-0.15, -0.1) is 0 Å². The van der Waals surface area contributed by atoms with E-state index in [-0.39, 0.29) is 12.1 Å². The van der Waals surface area contributed by atoms with Crippen molar-refractivity contribution in [1.29, 1.82) is 0 Å². The van der Waals surface area contributed by atoms with Crippen molar-refractivity contribution in [2.45, 2.75) is 25.5 Å². The first-order valence-electron chi connectivity index (χ1n) is 5.51. The Morgan fingerprint density at radius 2 is 2.31 bits per heavy atom. The Balaban J connectivity index is 2.00. The zero-order chi connectivity index (χ0) is 11.4. The number of rotatable bonds is 3. The zero-order valence-electron chi connectivity index (χ0n) is 9.43. The maximum absolute atomic E-state index is 5.72. The molecule has 0 saturated carbocycles. The highest BCUT2D eigenvalue weighted by atomic mass is 32.2. The molecule has 1 aliphatic heterocycles. The molecular weight excluding hydrogens is 222 g/mol. The molecule has 1 fully saturated rings. The number of ether oxygens (including phenoxy) is 1. The smallest absolute Gasteiger partial charge is 0.157 e. The monoisotopic (exact) mass is 239 g/mol. The molecule has 0 amide bonds. The minimum absolute atomic E-state index is 0.0584. The van der Waals surface area contributed by atoms with Crippen LogP contribution in [-0.2, 0) is 11.2 Å². The number of hydrogen-bond acceptors (Lipinski definition) is 5. The Bertz CT molecular complexity index is 323. The Labute approximate surface area is 100.0 Å². The summed E-state index contributed by atoms with van der Waals surface area (Å²) < 4.78 is 5.61. The lowest BCUT2D eigenvalue weighted by Gasteiger charge is -2.20. The number of hydrogen-bond donors (Lipinski definition) is 1. The molecule has 2 heterocycles. The fraction of sp³-hybridized carbons (Fsp3) is 0.636. The molecular formula is C11H17N3OS.